The molecule has 0 aromatic heterocycles. The van der Waals surface area contributed by atoms with Gasteiger partial charge in [0.2, 0.25) is 0 Å². The van der Waals surface area contributed by atoms with Crippen molar-refractivity contribution < 1.29 is 26.0 Å². The zero-order valence-corrected chi connectivity index (χ0v) is 8.26. The van der Waals surface area contributed by atoms with E-state index in [-0.39, 0.29) is 4.90 Å². The van der Waals surface area contributed by atoms with Gasteiger partial charge in [-0.3, -0.25) is 0 Å². The van der Waals surface area contributed by atoms with Gasteiger partial charge in [-0.25, -0.2) is 4.79 Å². The minimum absolute atomic E-state index is 0.0989. The molecule has 1 aromatic carbocycles. The molecule has 1 saturated heterocycles. The number of methoxy groups -OCH3 is 1. The van der Waals surface area contributed by atoms with Crippen LogP contribution in [-0.2, 0) is 4.74 Å². The summed E-state index contributed by atoms with van der Waals surface area (Å²) < 4.78 is 99.6. The van der Waals surface area contributed by atoms with Crippen LogP contribution in [0.3, 0.4) is 0 Å². The fourth-order valence-corrected chi connectivity index (χ4v) is 0.961. The van der Waals surface area contributed by atoms with Crippen molar-refractivity contribution in [3.63, 3.8) is 0 Å². The summed E-state index contributed by atoms with van der Waals surface area (Å²) >= 11 is 0. The zero-order chi connectivity index (χ0) is 22.0. The van der Waals surface area contributed by atoms with Crippen LogP contribution in [0.15, 0.2) is 24.2 Å². The van der Waals surface area contributed by atoms with Crippen molar-refractivity contribution in [1.82, 2.24) is 5.32 Å². The fourth-order valence-electron chi connectivity index (χ4n) is 0.961. The standard InChI is InChI=1S/C12H16N2O2/c1-16-12(15)10-2-4-11(5-3-10)14-8-6-13-7-9-14/h2-5,13H,6-9H2,1H3/i2D,3D,4D,5D,6D2,7D2,8D2,9D2. The van der Waals surface area contributed by atoms with Crippen LogP contribution in [0.4, 0.5) is 5.69 Å². The van der Waals surface area contributed by atoms with Gasteiger partial charge in [-0.05, 0) is 24.2 Å². The van der Waals surface area contributed by atoms with Crippen molar-refractivity contribution >= 4 is 11.7 Å². The maximum atomic E-state index is 11.8. The molecule has 0 bridgehead atoms. The van der Waals surface area contributed by atoms with Crippen molar-refractivity contribution in [2.24, 2.45) is 0 Å². The van der Waals surface area contributed by atoms with Gasteiger partial charge >= 0.3 is 5.97 Å². The summed E-state index contributed by atoms with van der Waals surface area (Å²) in [6, 6.07) is -4.03. The molecule has 0 aliphatic carbocycles. The van der Waals surface area contributed by atoms with E-state index in [1.807, 2.05) is 0 Å². The van der Waals surface area contributed by atoms with Crippen LogP contribution in [-0.4, -0.2) is 39.1 Å². The molecule has 1 aliphatic rings. The Morgan fingerprint density at radius 3 is 2.62 bits per heavy atom. The number of piperazine rings is 1. The Balaban J connectivity index is 2.93. The number of carbonyl (C=O) groups excluding carboxylic acids is 1. The first-order valence-electron chi connectivity index (χ1n) is 10.2. The van der Waals surface area contributed by atoms with Crippen molar-refractivity contribution in [2.45, 2.75) is 0 Å². The van der Waals surface area contributed by atoms with E-state index >= 15 is 0 Å². The van der Waals surface area contributed by atoms with Gasteiger partial charge in [0, 0.05) is 37.2 Å². The Hall–Kier alpha value is -1.55. The Bertz CT molecular complexity index is 785. The van der Waals surface area contributed by atoms with Gasteiger partial charge in [0.1, 0.15) is 0 Å². The maximum Gasteiger partial charge on any atom is 0.337 e. The second-order valence-corrected chi connectivity index (χ2v) is 2.65. The predicted octanol–water partition coefficient (Wildman–Crippen LogP) is 0.883. The smallest absolute Gasteiger partial charge is 0.337 e. The predicted molar refractivity (Wildman–Crippen MR) is 62.9 cm³/mol. The van der Waals surface area contributed by atoms with E-state index in [1.165, 1.54) is 0 Å². The summed E-state index contributed by atoms with van der Waals surface area (Å²) in [6.07, 6.45) is 0. The number of hydrogen-bond donors (Lipinski definition) is 1. The summed E-state index contributed by atoms with van der Waals surface area (Å²) in [5.41, 5.74) is -1.81. The number of benzene rings is 1. The number of ether oxygens (including phenoxy) is 1. The third-order valence-corrected chi connectivity index (χ3v) is 1.69. The van der Waals surface area contributed by atoms with Crippen LogP contribution < -0.4 is 10.2 Å². The van der Waals surface area contributed by atoms with E-state index < -0.39 is 67.4 Å². The monoisotopic (exact) mass is 232 g/mol. The molecule has 0 radical (unpaired) electrons. The molecule has 4 heteroatoms. The molecule has 0 spiro atoms. The van der Waals surface area contributed by atoms with Gasteiger partial charge in [-0.2, -0.15) is 0 Å². The maximum absolute atomic E-state index is 11.8. The Labute approximate surface area is 112 Å². The number of anilines is 1. The van der Waals surface area contributed by atoms with Gasteiger partial charge < -0.3 is 15.0 Å². The molecule has 1 N–H and O–H groups in total. The molecule has 1 aromatic rings. The van der Waals surface area contributed by atoms with Crippen molar-refractivity contribution in [1.29, 1.82) is 0 Å². The van der Waals surface area contributed by atoms with Gasteiger partial charge in [0.05, 0.1) is 23.6 Å². The molecule has 1 heterocycles. The highest BCUT2D eigenvalue weighted by Gasteiger charge is 2.11. The highest BCUT2D eigenvalue weighted by atomic mass is 16.5. The number of carbonyl (C=O) groups is 1. The SMILES string of the molecule is [2H]c1c([2H])c(N2C([2H])([2H])C([2H])([2H])NC([2H])([2H])C2([2H])[2H])c([2H])c([2H])c1C(=O)OC. The summed E-state index contributed by atoms with van der Waals surface area (Å²) in [5, 5.41) is 1.60. The fraction of sp³-hybridized carbons (Fsp3) is 0.417. The van der Waals surface area contributed by atoms with E-state index in [4.69, 9.17) is 16.4 Å². The van der Waals surface area contributed by atoms with Crippen LogP contribution in [0.1, 0.15) is 26.8 Å². The molecule has 0 unspecified atom stereocenters. The normalized spacial score (nSPS) is 39.4. The van der Waals surface area contributed by atoms with E-state index in [0.717, 1.165) is 7.11 Å². The van der Waals surface area contributed by atoms with Crippen molar-refractivity contribution in [3.8, 4) is 0 Å². The zero-order valence-electron chi connectivity index (χ0n) is 20.3. The molecule has 0 amide bonds. The van der Waals surface area contributed by atoms with E-state index in [9.17, 15) is 4.79 Å². The molecule has 86 valence electrons. The topological polar surface area (TPSA) is 41.6 Å². The van der Waals surface area contributed by atoms with Gasteiger partial charge in [-0.1, -0.05) is 0 Å². The summed E-state index contributed by atoms with van der Waals surface area (Å²) in [6.45, 7) is -13.1. The number of hydrogen-bond acceptors (Lipinski definition) is 4. The Morgan fingerprint density at radius 1 is 1.44 bits per heavy atom. The Morgan fingerprint density at radius 2 is 2.06 bits per heavy atom. The van der Waals surface area contributed by atoms with Gasteiger partial charge in [0.15, 0.2) is 0 Å². The van der Waals surface area contributed by atoms with Gasteiger partial charge in [0.25, 0.3) is 0 Å². The van der Waals surface area contributed by atoms with Crippen LogP contribution in [0, 0.1) is 0 Å². The lowest BCUT2D eigenvalue weighted by atomic mass is 10.2. The van der Waals surface area contributed by atoms with E-state index in [0.29, 0.717) is 0 Å². The minimum atomic E-state index is -3.35. The minimum Gasteiger partial charge on any atom is -0.465 e. The first kappa shape index (κ1) is 3.47. The average Bonchev–Trinajstić information content (AvgIpc) is 2.54. The van der Waals surface area contributed by atoms with Crippen LogP contribution in [0.2, 0.25) is 0 Å². The highest BCUT2D eigenvalue weighted by molar-refractivity contribution is 5.89. The second-order valence-electron chi connectivity index (χ2n) is 2.65. The third-order valence-electron chi connectivity index (χ3n) is 1.69. The average molecular weight is 232 g/mol. The van der Waals surface area contributed by atoms with Crippen molar-refractivity contribution in [2.75, 3.05) is 38.0 Å². The summed E-state index contributed by atoms with van der Waals surface area (Å²) in [5.74, 6) is -1.21. The van der Waals surface area contributed by atoms with Crippen LogP contribution in [0.25, 0.3) is 0 Å². The molecule has 4 nitrogen and oxygen atoms in total. The van der Waals surface area contributed by atoms with E-state index in [1.54, 1.807) is 5.32 Å². The molecule has 16 heavy (non-hydrogen) atoms. The quantitative estimate of drug-likeness (QED) is 0.769. The highest BCUT2D eigenvalue weighted by Crippen LogP contribution is 2.16. The van der Waals surface area contributed by atoms with Crippen LogP contribution in [0.5, 0.6) is 0 Å². The third kappa shape index (κ3) is 2.33. The van der Waals surface area contributed by atoms with Crippen LogP contribution >= 0.6 is 0 Å². The number of rotatable bonds is 2. The number of esters is 1. The summed E-state index contributed by atoms with van der Waals surface area (Å²) in [4.78, 5) is 11.7. The molecule has 2 rings (SSSR count). The lowest BCUT2D eigenvalue weighted by Crippen LogP contribution is -2.43. The number of nitrogens with zero attached hydrogens (tertiary/aromatic N) is 1. The van der Waals surface area contributed by atoms with Gasteiger partial charge in [-0.15, -0.1) is 0 Å². The van der Waals surface area contributed by atoms with E-state index in [2.05, 4.69) is 4.74 Å². The molecule has 0 saturated carbocycles. The second kappa shape index (κ2) is 4.99. The largest absolute Gasteiger partial charge is 0.465 e. The first-order valence-corrected chi connectivity index (χ1v) is 4.24. The molecule has 0 atom stereocenters. The Kier molecular flexibility index (Phi) is 1.08. The lowest BCUT2D eigenvalue weighted by molar-refractivity contribution is 0.0601. The molecule has 1 aliphatic heterocycles. The lowest BCUT2D eigenvalue weighted by Gasteiger charge is -2.29. The van der Waals surface area contributed by atoms with Crippen molar-refractivity contribution in [3.05, 3.63) is 29.7 Å². The number of nitrogens with one attached hydrogen (secondary N) is 1. The first-order chi connectivity index (χ1) is 12.5. The summed E-state index contributed by atoms with van der Waals surface area (Å²) in [7, 11) is 0.943. The molecular weight excluding hydrogens is 204 g/mol. The molecule has 1 fully saturated rings. The molecular formula is C12H16N2O2.